The lowest BCUT2D eigenvalue weighted by atomic mass is 10.0. The van der Waals surface area contributed by atoms with Crippen molar-refractivity contribution in [3.63, 3.8) is 0 Å². The normalized spacial score (nSPS) is 12.4. The number of nitrogens with one attached hydrogen (secondary N) is 1. The maximum Gasteiger partial charge on any atom is 0.130 e. The summed E-state index contributed by atoms with van der Waals surface area (Å²) in [6, 6.07) is 7.39. The van der Waals surface area contributed by atoms with E-state index in [9.17, 15) is 8.78 Å². The molecule has 1 aromatic carbocycles. The van der Waals surface area contributed by atoms with Crippen LogP contribution in [-0.4, -0.2) is 11.5 Å². The van der Waals surface area contributed by atoms with Crippen molar-refractivity contribution in [3.8, 4) is 0 Å². The van der Waals surface area contributed by atoms with Crippen LogP contribution in [0.3, 0.4) is 0 Å². The van der Waals surface area contributed by atoms with Crippen LogP contribution in [0, 0.1) is 18.6 Å². The molecular weight excluding hydrogens is 258 g/mol. The Bertz CT molecular complexity index is 567. The molecule has 0 amide bonds. The summed E-state index contributed by atoms with van der Waals surface area (Å²) in [5.74, 6) is -1.09. The fourth-order valence-corrected chi connectivity index (χ4v) is 2.15. The molecule has 0 spiro atoms. The first-order chi connectivity index (χ1) is 9.60. The third-order valence-corrected chi connectivity index (χ3v) is 3.17. The smallest absolute Gasteiger partial charge is 0.130 e. The predicted octanol–water partition coefficient (Wildman–Crippen LogP) is 3.56. The second-order valence-electron chi connectivity index (χ2n) is 4.81. The largest absolute Gasteiger partial charge is 0.310 e. The highest BCUT2D eigenvalue weighted by molar-refractivity contribution is 5.24. The van der Waals surface area contributed by atoms with E-state index in [1.807, 2.05) is 26.0 Å². The van der Waals surface area contributed by atoms with Crippen LogP contribution in [0.5, 0.6) is 0 Å². The van der Waals surface area contributed by atoms with Crippen LogP contribution in [-0.2, 0) is 6.42 Å². The number of likely N-dealkylation sites (N-methyl/N-ethyl adjacent to an activating group) is 1. The SMILES string of the molecule is CCNC(Cc1ccc(C)cn1)c1ccc(F)cc1F. The molecule has 0 saturated carbocycles. The van der Waals surface area contributed by atoms with Crippen LogP contribution in [0.1, 0.15) is 29.8 Å². The molecule has 1 aromatic heterocycles. The number of benzene rings is 1. The predicted molar refractivity (Wildman–Crippen MR) is 75.5 cm³/mol. The summed E-state index contributed by atoms with van der Waals surface area (Å²) in [4.78, 5) is 4.34. The summed E-state index contributed by atoms with van der Waals surface area (Å²) in [5.41, 5.74) is 2.43. The molecule has 0 aliphatic carbocycles. The van der Waals surface area contributed by atoms with Gasteiger partial charge >= 0.3 is 0 Å². The van der Waals surface area contributed by atoms with Crippen molar-refractivity contribution in [2.24, 2.45) is 0 Å². The Balaban J connectivity index is 2.24. The number of aromatic nitrogens is 1. The molecule has 0 aliphatic rings. The van der Waals surface area contributed by atoms with Gasteiger partial charge in [-0.15, -0.1) is 0 Å². The molecule has 20 heavy (non-hydrogen) atoms. The van der Waals surface area contributed by atoms with Gasteiger partial charge in [0.15, 0.2) is 0 Å². The topological polar surface area (TPSA) is 24.9 Å². The molecule has 0 saturated heterocycles. The molecule has 2 nitrogen and oxygen atoms in total. The third-order valence-electron chi connectivity index (χ3n) is 3.17. The number of aryl methyl sites for hydroxylation is 1. The van der Waals surface area contributed by atoms with Crippen molar-refractivity contribution in [2.75, 3.05) is 6.54 Å². The molecule has 1 heterocycles. The van der Waals surface area contributed by atoms with E-state index in [-0.39, 0.29) is 6.04 Å². The van der Waals surface area contributed by atoms with Crippen LogP contribution in [0.2, 0.25) is 0 Å². The molecular formula is C16H18F2N2. The highest BCUT2D eigenvalue weighted by atomic mass is 19.1. The average molecular weight is 276 g/mol. The maximum absolute atomic E-state index is 13.9. The van der Waals surface area contributed by atoms with Gasteiger partial charge in [0.1, 0.15) is 11.6 Å². The first kappa shape index (κ1) is 14.6. The summed E-state index contributed by atoms with van der Waals surface area (Å²) >= 11 is 0. The fourth-order valence-electron chi connectivity index (χ4n) is 2.15. The lowest BCUT2D eigenvalue weighted by Crippen LogP contribution is -2.24. The van der Waals surface area contributed by atoms with E-state index >= 15 is 0 Å². The van der Waals surface area contributed by atoms with E-state index in [0.717, 1.165) is 17.3 Å². The number of nitrogens with zero attached hydrogens (tertiary/aromatic N) is 1. The molecule has 2 aromatic rings. The number of pyridine rings is 1. The molecule has 106 valence electrons. The minimum absolute atomic E-state index is 0.212. The molecule has 1 unspecified atom stereocenters. The number of rotatable bonds is 5. The van der Waals surface area contributed by atoms with Crippen molar-refractivity contribution in [3.05, 3.63) is 65.0 Å². The average Bonchev–Trinajstić information content (AvgIpc) is 2.41. The van der Waals surface area contributed by atoms with Crippen LogP contribution >= 0.6 is 0 Å². The van der Waals surface area contributed by atoms with Crippen LogP contribution in [0.4, 0.5) is 8.78 Å². The van der Waals surface area contributed by atoms with E-state index in [2.05, 4.69) is 10.3 Å². The molecule has 0 bridgehead atoms. The van der Waals surface area contributed by atoms with Crippen LogP contribution in [0.25, 0.3) is 0 Å². The molecule has 0 fully saturated rings. The van der Waals surface area contributed by atoms with Crippen molar-refractivity contribution in [1.82, 2.24) is 10.3 Å². The van der Waals surface area contributed by atoms with Gasteiger partial charge in [-0.3, -0.25) is 4.98 Å². The summed E-state index contributed by atoms with van der Waals surface area (Å²) in [5, 5.41) is 3.22. The van der Waals surface area contributed by atoms with Crippen molar-refractivity contribution >= 4 is 0 Å². The zero-order chi connectivity index (χ0) is 14.5. The minimum Gasteiger partial charge on any atom is -0.310 e. The summed E-state index contributed by atoms with van der Waals surface area (Å²) in [7, 11) is 0. The Hall–Kier alpha value is -1.81. The van der Waals surface area contributed by atoms with E-state index < -0.39 is 11.6 Å². The lowest BCUT2D eigenvalue weighted by Gasteiger charge is -2.18. The van der Waals surface area contributed by atoms with Gasteiger partial charge in [-0.2, -0.15) is 0 Å². The Morgan fingerprint density at radius 3 is 2.60 bits per heavy atom. The van der Waals surface area contributed by atoms with Crippen LogP contribution in [0.15, 0.2) is 36.5 Å². The number of halogens is 2. The van der Waals surface area contributed by atoms with Crippen molar-refractivity contribution in [1.29, 1.82) is 0 Å². The van der Waals surface area contributed by atoms with E-state index in [0.29, 0.717) is 18.5 Å². The van der Waals surface area contributed by atoms with E-state index in [4.69, 9.17) is 0 Å². The number of hydrogen-bond donors (Lipinski definition) is 1. The molecule has 1 atom stereocenters. The van der Waals surface area contributed by atoms with Gasteiger partial charge in [-0.1, -0.05) is 19.1 Å². The van der Waals surface area contributed by atoms with E-state index in [1.165, 1.54) is 12.1 Å². The maximum atomic E-state index is 13.9. The van der Waals surface area contributed by atoms with E-state index in [1.54, 1.807) is 6.20 Å². The van der Waals surface area contributed by atoms with Gasteiger partial charge in [-0.25, -0.2) is 8.78 Å². The van der Waals surface area contributed by atoms with Crippen molar-refractivity contribution in [2.45, 2.75) is 26.3 Å². The van der Waals surface area contributed by atoms with Crippen LogP contribution < -0.4 is 5.32 Å². The molecule has 0 aliphatic heterocycles. The van der Waals surface area contributed by atoms with Gasteiger partial charge < -0.3 is 5.32 Å². The molecule has 4 heteroatoms. The molecule has 0 radical (unpaired) electrons. The Morgan fingerprint density at radius 1 is 1.20 bits per heavy atom. The molecule has 1 N–H and O–H groups in total. The summed E-state index contributed by atoms with van der Waals surface area (Å²) < 4.78 is 26.9. The lowest BCUT2D eigenvalue weighted by molar-refractivity contribution is 0.499. The first-order valence-electron chi connectivity index (χ1n) is 6.70. The standard InChI is InChI=1S/C16H18F2N2/c1-3-19-16(9-13-6-4-11(2)10-20-13)14-7-5-12(17)8-15(14)18/h4-8,10,16,19H,3,9H2,1-2H3. The van der Waals surface area contributed by atoms with Gasteiger partial charge in [0.05, 0.1) is 0 Å². The zero-order valence-corrected chi connectivity index (χ0v) is 11.7. The van der Waals surface area contributed by atoms with Gasteiger partial charge in [0.25, 0.3) is 0 Å². The Kier molecular flexibility index (Phi) is 4.79. The van der Waals surface area contributed by atoms with Gasteiger partial charge in [0, 0.05) is 36.0 Å². The number of hydrogen-bond acceptors (Lipinski definition) is 2. The second-order valence-corrected chi connectivity index (χ2v) is 4.81. The summed E-state index contributed by atoms with van der Waals surface area (Å²) in [6.07, 6.45) is 2.36. The molecule has 2 rings (SSSR count). The van der Waals surface area contributed by atoms with Crippen molar-refractivity contribution < 1.29 is 8.78 Å². The monoisotopic (exact) mass is 276 g/mol. The first-order valence-corrected chi connectivity index (χ1v) is 6.70. The van der Waals surface area contributed by atoms with Gasteiger partial charge in [0.2, 0.25) is 0 Å². The Labute approximate surface area is 117 Å². The van der Waals surface area contributed by atoms with Gasteiger partial charge in [-0.05, 0) is 31.2 Å². The highest BCUT2D eigenvalue weighted by Crippen LogP contribution is 2.21. The summed E-state index contributed by atoms with van der Waals surface area (Å²) in [6.45, 7) is 4.63. The fraction of sp³-hybridized carbons (Fsp3) is 0.312. The second kappa shape index (κ2) is 6.57. The Morgan fingerprint density at radius 2 is 2.00 bits per heavy atom. The highest BCUT2D eigenvalue weighted by Gasteiger charge is 2.16. The quantitative estimate of drug-likeness (QED) is 0.903. The minimum atomic E-state index is -0.560. The zero-order valence-electron chi connectivity index (χ0n) is 11.7. The third kappa shape index (κ3) is 3.61.